The van der Waals surface area contributed by atoms with Crippen molar-refractivity contribution in [2.24, 2.45) is 0 Å². The summed E-state index contributed by atoms with van der Waals surface area (Å²) in [5.41, 5.74) is 4.74. The van der Waals surface area contributed by atoms with Crippen LogP contribution < -0.4 is 15.0 Å². The molecule has 1 N–H and O–H groups in total. The van der Waals surface area contributed by atoms with E-state index in [2.05, 4.69) is 19.2 Å². The van der Waals surface area contributed by atoms with E-state index in [0.717, 1.165) is 34.0 Å². The highest BCUT2D eigenvalue weighted by Crippen LogP contribution is 2.30. The predicted octanol–water partition coefficient (Wildman–Crippen LogP) is 5.28. The van der Waals surface area contributed by atoms with Crippen molar-refractivity contribution < 1.29 is 19.1 Å². The highest BCUT2D eigenvalue weighted by molar-refractivity contribution is 6.39. The molecule has 7 heteroatoms. The Hall–Kier alpha value is -4.13. The third-order valence-electron chi connectivity index (χ3n) is 6.53. The molecule has 0 bridgehead atoms. The quantitative estimate of drug-likeness (QED) is 0.392. The minimum atomic E-state index is -0.757. The smallest absolute Gasteiger partial charge is 0.335 e. The van der Waals surface area contributed by atoms with E-state index >= 15 is 0 Å². The van der Waals surface area contributed by atoms with Crippen molar-refractivity contribution in [1.29, 1.82) is 0 Å². The second-order valence-corrected chi connectivity index (χ2v) is 8.69. The van der Waals surface area contributed by atoms with Crippen LogP contribution in [-0.4, -0.2) is 29.5 Å². The fourth-order valence-corrected chi connectivity index (χ4v) is 4.35. The Morgan fingerprint density at radius 2 is 1.71 bits per heavy atom. The van der Waals surface area contributed by atoms with Gasteiger partial charge in [0.2, 0.25) is 0 Å². The molecule has 1 unspecified atom stereocenters. The number of aromatic nitrogens is 1. The van der Waals surface area contributed by atoms with Crippen LogP contribution >= 0.6 is 0 Å². The molecule has 2 aromatic carbocycles. The molecule has 1 aromatic heterocycles. The van der Waals surface area contributed by atoms with Crippen molar-refractivity contribution in [2.75, 3.05) is 12.0 Å². The summed E-state index contributed by atoms with van der Waals surface area (Å²) in [6, 6.07) is 16.1. The van der Waals surface area contributed by atoms with Gasteiger partial charge in [-0.3, -0.25) is 14.9 Å². The molecule has 0 saturated carbocycles. The van der Waals surface area contributed by atoms with E-state index < -0.39 is 17.8 Å². The summed E-state index contributed by atoms with van der Waals surface area (Å²) in [6.07, 6.45) is 2.52. The monoisotopic (exact) mass is 471 g/mol. The van der Waals surface area contributed by atoms with E-state index in [1.807, 2.05) is 60.9 Å². The molecule has 35 heavy (non-hydrogen) atoms. The molecule has 4 rings (SSSR count). The van der Waals surface area contributed by atoms with Crippen LogP contribution in [0.5, 0.6) is 5.75 Å². The maximum absolute atomic E-state index is 13.3. The summed E-state index contributed by atoms with van der Waals surface area (Å²) in [5.74, 6) is -0.297. The maximum atomic E-state index is 13.3. The Kier molecular flexibility index (Phi) is 6.60. The Bertz CT molecular complexity index is 1330. The van der Waals surface area contributed by atoms with Crippen LogP contribution in [-0.2, 0) is 9.59 Å². The van der Waals surface area contributed by atoms with Gasteiger partial charge in [0.05, 0.1) is 18.5 Å². The number of nitrogens with zero attached hydrogens (tertiary/aromatic N) is 2. The molecule has 1 fully saturated rings. The van der Waals surface area contributed by atoms with Crippen molar-refractivity contribution in [3.8, 4) is 11.4 Å². The van der Waals surface area contributed by atoms with E-state index in [-0.39, 0.29) is 5.57 Å². The van der Waals surface area contributed by atoms with Gasteiger partial charge in [-0.25, -0.2) is 9.69 Å². The number of ether oxygens (including phenoxy) is 1. The number of benzene rings is 2. The molecule has 1 atom stereocenters. The summed E-state index contributed by atoms with van der Waals surface area (Å²) >= 11 is 0. The van der Waals surface area contributed by atoms with Crippen LogP contribution in [0.15, 0.2) is 60.2 Å². The van der Waals surface area contributed by atoms with E-state index in [0.29, 0.717) is 22.9 Å². The second kappa shape index (κ2) is 9.62. The number of amides is 4. The fourth-order valence-electron chi connectivity index (χ4n) is 4.35. The van der Waals surface area contributed by atoms with Gasteiger partial charge < -0.3 is 9.30 Å². The van der Waals surface area contributed by atoms with Gasteiger partial charge in [0.1, 0.15) is 11.3 Å². The highest BCUT2D eigenvalue weighted by atomic mass is 16.5. The molecule has 0 spiro atoms. The lowest BCUT2D eigenvalue weighted by atomic mass is 9.98. The van der Waals surface area contributed by atoms with Crippen molar-refractivity contribution in [1.82, 2.24) is 9.88 Å². The zero-order chi connectivity index (χ0) is 25.3. The second-order valence-electron chi connectivity index (χ2n) is 8.69. The number of carbonyl (C=O) groups is 3. The largest absolute Gasteiger partial charge is 0.495 e. The topological polar surface area (TPSA) is 80.6 Å². The standard InChI is InChI=1S/C28H29N3O4/c1-6-17(2)20-11-13-22(14-12-20)31-27(33)23(26(32)29-28(31)34)16-21-15-18(3)30(19(21)4)24-9-7-8-10-25(24)35-5/h7-17H,6H2,1-5H3,(H,29,32,34)/b23-16-. The highest BCUT2D eigenvalue weighted by Gasteiger charge is 2.37. The van der Waals surface area contributed by atoms with Crippen LogP contribution in [0.1, 0.15) is 48.7 Å². The number of aryl methyl sites for hydroxylation is 1. The maximum Gasteiger partial charge on any atom is 0.335 e. The molecule has 0 aliphatic carbocycles. The zero-order valence-corrected chi connectivity index (χ0v) is 20.6. The third-order valence-corrected chi connectivity index (χ3v) is 6.53. The average Bonchev–Trinajstić information content (AvgIpc) is 3.13. The predicted molar refractivity (Wildman–Crippen MR) is 136 cm³/mol. The van der Waals surface area contributed by atoms with E-state index in [4.69, 9.17) is 4.74 Å². The Morgan fingerprint density at radius 1 is 1.03 bits per heavy atom. The number of carbonyl (C=O) groups excluding carboxylic acids is 3. The van der Waals surface area contributed by atoms with Gasteiger partial charge in [-0.05, 0) is 73.7 Å². The fraction of sp³-hybridized carbons (Fsp3) is 0.250. The number of hydrogen-bond acceptors (Lipinski definition) is 4. The van der Waals surface area contributed by atoms with Gasteiger partial charge in [0, 0.05) is 11.4 Å². The minimum absolute atomic E-state index is 0.101. The number of nitrogens with one attached hydrogen (secondary N) is 1. The normalized spacial score (nSPS) is 16.0. The molecular formula is C28H29N3O4. The third kappa shape index (κ3) is 4.37. The zero-order valence-electron chi connectivity index (χ0n) is 20.6. The van der Waals surface area contributed by atoms with Crippen molar-refractivity contribution in [2.45, 2.75) is 40.0 Å². The number of methoxy groups -OCH3 is 1. The average molecular weight is 472 g/mol. The number of para-hydroxylation sites is 2. The molecule has 4 amide bonds. The number of urea groups is 1. The Balaban J connectivity index is 1.73. The number of hydrogen-bond donors (Lipinski definition) is 1. The summed E-state index contributed by atoms with van der Waals surface area (Å²) in [5, 5.41) is 2.30. The molecule has 7 nitrogen and oxygen atoms in total. The molecule has 3 aromatic rings. The lowest BCUT2D eigenvalue weighted by Crippen LogP contribution is -2.54. The van der Waals surface area contributed by atoms with Gasteiger partial charge in [-0.1, -0.05) is 38.1 Å². The molecule has 180 valence electrons. The SMILES string of the molecule is CCC(C)c1ccc(N2C(=O)NC(=O)/C(=C/c3cc(C)n(-c4ccccc4OC)c3C)C2=O)cc1. The van der Waals surface area contributed by atoms with E-state index in [9.17, 15) is 14.4 Å². The summed E-state index contributed by atoms with van der Waals surface area (Å²) in [6.45, 7) is 8.08. The first kappa shape index (κ1) is 24.0. The van der Waals surface area contributed by atoms with Crippen LogP contribution in [0.3, 0.4) is 0 Å². The first-order chi connectivity index (χ1) is 16.8. The van der Waals surface area contributed by atoms with E-state index in [1.54, 1.807) is 25.3 Å². The van der Waals surface area contributed by atoms with Crippen LogP contribution in [0.25, 0.3) is 11.8 Å². The van der Waals surface area contributed by atoms with Crippen LogP contribution in [0, 0.1) is 13.8 Å². The summed E-state index contributed by atoms with van der Waals surface area (Å²) < 4.78 is 7.52. The number of rotatable bonds is 6. The summed E-state index contributed by atoms with van der Waals surface area (Å²) in [7, 11) is 1.61. The van der Waals surface area contributed by atoms with Gasteiger partial charge in [-0.2, -0.15) is 0 Å². The van der Waals surface area contributed by atoms with Crippen molar-refractivity contribution >= 4 is 29.6 Å². The van der Waals surface area contributed by atoms with Gasteiger partial charge in [0.25, 0.3) is 11.8 Å². The first-order valence-corrected chi connectivity index (χ1v) is 11.6. The van der Waals surface area contributed by atoms with Crippen LogP contribution in [0.2, 0.25) is 0 Å². The first-order valence-electron chi connectivity index (χ1n) is 11.6. The van der Waals surface area contributed by atoms with E-state index in [1.165, 1.54) is 0 Å². The Labute approximate surface area is 205 Å². The molecule has 2 heterocycles. The molecule has 1 aliphatic rings. The molecule has 1 aliphatic heterocycles. The number of imide groups is 2. The van der Waals surface area contributed by atoms with Crippen LogP contribution in [0.4, 0.5) is 10.5 Å². The van der Waals surface area contributed by atoms with Gasteiger partial charge in [-0.15, -0.1) is 0 Å². The van der Waals surface area contributed by atoms with Gasteiger partial charge in [0.15, 0.2) is 0 Å². The molecule has 0 radical (unpaired) electrons. The van der Waals surface area contributed by atoms with Crippen molar-refractivity contribution in [3.05, 3.63) is 82.7 Å². The number of anilines is 1. The number of barbiturate groups is 1. The lowest BCUT2D eigenvalue weighted by molar-refractivity contribution is -0.122. The Morgan fingerprint density at radius 3 is 2.37 bits per heavy atom. The minimum Gasteiger partial charge on any atom is -0.495 e. The molecular weight excluding hydrogens is 442 g/mol. The lowest BCUT2D eigenvalue weighted by Gasteiger charge is -2.26. The molecule has 1 saturated heterocycles. The van der Waals surface area contributed by atoms with Gasteiger partial charge >= 0.3 is 6.03 Å². The van der Waals surface area contributed by atoms with Crippen molar-refractivity contribution in [3.63, 3.8) is 0 Å². The summed E-state index contributed by atoms with van der Waals surface area (Å²) in [4.78, 5) is 39.6.